The molecule has 0 amide bonds. The van der Waals surface area contributed by atoms with Gasteiger partial charge in [-0.15, -0.1) is 0 Å². The van der Waals surface area contributed by atoms with Crippen LogP contribution in [-0.4, -0.2) is 32.0 Å². The van der Waals surface area contributed by atoms with Crippen LogP contribution in [0.15, 0.2) is 24.3 Å². The quantitative estimate of drug-likeness (QED) is 0.816. The molecule has 0 aromatic heterocycles. The molecule has 3 nitrogen and oxygen atoms in total. The largest absolute Gasteiger partial charge is 0.315 e. The second-order valence-electron chi connectivity index (χ2n) is 5.56. The zero-order valence-electron chi connectivity index (χ0n) is 11.7. The topological polar surface area (TPSA) is 46.2 Å². The molecular formula is C14H22FNO2S. The summed E-state index contributed by atoms with van der Waals surface area (Å²) in [6, 6.07) is 6.34. The molecule has 0 saturated carbocycles. The second-order valence-corrected chi connectivity index (χ2v) is 8.42. The van der Waals surface area contributed by atoms with Crippen molar-refractivity contribution in [1.29, 1.82) is 0 Å². The van der Waals surface area contributed by atoms with E-state index in [2.05, 4.69) is 5.32 Å². The van der Waals surface area contributed by atoms with E-state index < -0.39 is 14.6 Å². The molecule has 0 saturated heterocycles. The fourth-order valence-electron chi connectivity index (χ4n) is 1.52. The van der Waals surface area contributed by atoms with Gasteiger partial charge < -0.3 is 5.32 Å². The standard InChI is InChI=1S/C14H22FNO2S/c1-14(2,3)19(17,18)11-10-16-9-8-12-4-6-13(15)7-5-12/h4-7,16H,8-11H2,1-3H3. The van der Waals surface area contributed by atoms with Crippen LogP contribution in [0.3, 0.4) is 0 Å². The van der Waals surface area contributed by atoms with Crippen LogP contribution >= 0.6 is 0 Å². The third kappa shape index (κ3) is 5.28. The average molecular weight is 287 g/mol. The predicted molar refractivity (Wildman–Crippen MR) is 76.5 cm³/mol. The van der Waals surface area contributed by atoms with E-state index in [4.69, 9.17) is 0 Å². The molecule has 1 rings (SSSR count). The lowest BCUT2D eigenvalue weighted by molar-refractivity contribution is 0.556. The Bertz CT molecular complexity index is 489. The summed E-state index contributed by atoms with van der Waals surface area (Å²) >= 11 is 0. The van der Waals surface area contributed by atoms with Gasteiger partial charge in [-0.2, -0.15) is 0 Å². The molecule has 5 heteroatoms. The highest BCUT2D eigenvalue weighted by Gasteiger charge is 2.27. The highest BCUT2D eigenvalue weighted by atomic mass is 32.2. The highest BCUT2D eigenvalue weighted by molar-refractivity contribution is 7.92. The number of benzene rings is 1. The summed E-state index contributed by atoms with van der Waals surface area (Å²) in [5.41, 5.74) is 1.03. The van der Waals surface area contributed by atoms with Crippen molar-refractivity contribution in [2.75, 3.05) is 18.8 Å². The van der Waals surface area contributed by atoms with E-state index >= 15 is 0 Å². The van der Waals surface area contributed by atoms with Gasteiger partial charge in [0.25, 0.3) is 0 Å². The molecule has 1 aromatic rings. The second kappa shape index (κ2) is 6.48. The summed E-state index contributed by atoms with van der Waals surface area (Å²) in [6.07, 6.45) is 0.760. The van der Waals surface area contributed by atoms with Gasteiger partial charge in [0.05, 0.1) is 10.5 Å². The van der Waals surface area contributed by atoms with Gasteiger partial charge in [-0.1, -0.05) is 12.1 Å². The molecule has 0 spiro atoms. The molecule has 1 N–H and O–H groups in total. The third-order valence-corrected chi connectivity index (χ3v) is 5.59. The Balaban J connectivity index is 2.27. The minimum atomic E-state index is -3.06. The molecule has 0 unspecified atom stereocenters. The van der Waals surface area contributed by atoms with Crippen LogP contribution < -0.4 is 5.32 Å². The van der Waals surface area contributed by atoms with Crippen molar-refractivity contribution >= 4 is 9.84 Å². The lowest BCUT2D eigenvalue weighted by Crippen LogP contribution is -2.35. The fourth-order valence-corrected chi connectivity index (χ4v) is 2.55. The Morgan fingerprint density at radius 1 is 1.11 bits per heavy atom. The number of rotatable bonds is 6. The molecule has 108 valence electrons. The van der Waals surface area contributed by atoms with Crippen LogP contribution in [0.4, 0.5) is 4.39 Å². The van der Waals surface area contributed by atoms with E-state index in [9.17, 15) is 12.8 Å². The lowest BCUT2D eigenvalue weighted by Gasteiger charge is -2.19. The van der Waals surface area contributed by atoms with Gasteiger partial charge in [0.2, 0.25) is 0 Å². The Morgan fingerprint density at radius 3 is 2.21 bits per heavy atom. The first-order valence-corrected chi connectivity index (χ1v) is 8.05. The van der Waals surface area contributed by atoms with Gasteiger partial charge in [0.1, 0.15) is 5.82 Å². The molecule has 0 aliphatic heterocycles. The Morgan fingerprint density at radius 2 is 1.68 bits per heavy atom. The fraction of sp³-hybridized carbons (Fsp3) is 0.571. The van der Waals surface area contributed by atoms with E-state index in [-0.39, 0.29) is 11.6 Å². The molecule has 0 bridgehead atoms. The van der Waals surface area contributed by atoms with Gasteiger partial charge >= 0.3 is 0 Å². The van der Waals surface area contributed by atoms with Crippen LogP contribution in [0.25, 0.3) is 0 Å². The van der Waals surface area contributed by atoms with Gasteiger partial charge in [-0.25, -0.2) is 12.8 Å². The zero-order chi connectivity index (χ0) is 14.5. The Labute approximate surface area is 115 Å². The average Bonchev–Trinajstić information content (AvgIpc) is 2.29. The van der Waals surface area contributed by atoms with E-state index in [0.29, 0.717) is 13.1 Å². The molecule has 0 aliphatic carbocycles. The van der Waals surface area contributed by atoms with Crippen molar-refractivity contribution in [3.63, 3.8) is 0 Å². The number of sulfone groups is 1. The Kier molecular flexibility index (Phi) is 5.50. The normalized spacial score (nSPS) is 12.6. The molecule has 1 aromatic carbocycles. The first-order chi connectivity index (χ1) is 8.72. The van der Waals surface area contributed by atoms with Gasteiger partial charge in [-0.05, 0) is 51.4 Å². The number of halogens is 1. The molecule has 0 fully saturated rings. The van der Waals surface area contributed by atoms with Crippen molar-refractivity contribution in [3.05, 3.63) is 35.6 Å². The molecule has 19 heavy (non-hydrogen) atoms. The first-order valence-electron chi connectivity index (χ1n) is 6.40. The lowest BCUT2D eigenvalue weighted by atomic mass is 10.1. The van der Waals surface area contributed by atoms with Crippen LogP contribution in [0, 0.1) is 5.82 Å². The van der Waals surface area contributed by atoms with Gasteiger partial charge in [0, 0.05) is 6.54 Å². The molecular weight excluding hydrogens is 265 g/mol. The maximum atomic E-state index is 12.7. The third-order valence-electron chi connectivity index (χ3n) is 2.98. The summed E-state index contributed by atoms with van der Waals surface area (Å²) in [6.45, 7) is 6.26. The van der Waals surface area contributed by atoms with Crippen LogP contribution in [0.5, 0.6) is 0 Å². The van der Waals surface area contributed by atoms with Crippen LogP contribution in [-0.2, 0) is 16.3 Å². The van der Waals surface area contributed by atoms with Gasteiger partial charge in [0.15, 0.2) is 9.84 Å². The van der Waals surface area contributed by atoms with E-state index in [1.807, 2.05) is 0 Å². The monoisotopic (exact) mass is 287 g/mol. The summed E-state index contributed by atoms with van der Waals surface area (Å²) in [7, 11) is -3.06. The number of hydrogen-bond donors (Lipinski definition) is 1. The molecule has 0 aliphatic rings. The molecule has 0 atom stereocenters. The smallest absolute Gasteiger partial charge is 0.156 e. The zero-order valence-corrected chi connectivity index (χ0v) is 12.6. The summed E-state index contributed by atoms with van der Waals surface area (Å²) in [4.78, 5) is 0. The Hall–Kier alpha value is -0.940. The minimum absolute atomic E-state index is 0.139. The first kappa shape index (κ1) is 16.1. The van der Waals surface area contributed by atoms with Crippen molar-refractivity contribution in [1.82, 2.24) is 5.32 Å². The van der Waals surface area contributed by atoms with Crippen molar-refractivity contribution in [2.24, 2.45) is 0 Å². The predicted octanol–water partition coefficient (Wildman–Crippen LogP) is 2.17. The van der Waals surface area contributed by atoms with Gasteiger partial charge in [-0.3, -0.25) is 0 Å². The van der Waals surface area contributed by atoms with Crippen molar-refractivity contribution < 1.29 is 12.8 Å². The van der Waals surface area contributed by atoms with E-state index in [1.54, 1.807) is 32.9 Å². The van der Waals surface area contributed by atoms with E-state index in [0.717, 1.165) is 12.0 Å². The van der Waals surface area contributed by atoms with Crippen LogP contribution in [0.1, 0.15) is 26.3 Å². The van der Waals surface area contributed by atoms with Crippen molar-refractivity contribution in [2.45, 2.75) is 31.9 Å². The number of hydrogen-bond acceptors (Lipinski definition) is 3. The minimum Gasteiger partial charge on any atom is -0.315 e. The summed E-state index contributed by atoms with van der Waals surface area (Å²) in [5, 5.41) is 3.10. The summed E-state index contributed by atoms with van der Waals surface area (Å²) in [5.74, 6) is -0.104. The van der Waals surface area contributed by atoms with Crippen LogP contribution in [0.2, 0.25) is 0 Å². The maximum absolute atomic E-state index is 12.7. The molecule has 0 heterocycles. The maximum Gasteiger partial charge on any atom is 0.156 e. The highest BCUT2D eigenvalue weighted by Crippen LogP contribution is 2.15. The van der Waals surface area contributed by atoms with E-state index in [1.165, 1.54) is 12.1 Å². The summed E-state index contributed by atoms with van der Waals surface area (Å²) < 4.78 is 35.7. The number of nitrogens with one attached hydrogen (secondary N) is 1. The molecule has 0 radical (unpaired) electrons. The van der Waals surface area contributed by atoms with Crippen molar-refractivity contribution in [3.8, 4) is 0 Å². The SMILES string of the molecule is CC(C)(C)S(=O)(=O)CCNCCc1ccc(F)cc1.